The van der Waals surface area contributed by atoms with Crippen LogP contribution in [0.1, 0.15) is 27.2 Å². The normalized spacial score (nSPS) is 18.3. The molecule has 0 aliphatic carbocycles. The van der Waals surface area contributed by atoms with Gasteiger partial charge in [-0.1, -0.05) is 6.92 Å². The van der Waals surface area contributed by atoms with Gasteiger partial charge in [-0.3, -0.25) is 4.24 Å². The van der Waals surface area contributed by atoms with Gasteiger partial charge in [-0.2, -0.15) is 0 Å². The zero-order valence-electron chi connectivity index (χ0n) is 8.39. The van der Waals surface area contributed by atoms with Gasteiger partial charge in [0.1, 0.15) is 7.05 Å². The first-order valence-electron chi connectivity index (χ1n) is 4.44. The predicted octanol–water partition coefficient (Wildman–Crippen LogP) is 1.25. The van der Waals surface area contributed by atoms with Gasteiger partial charge in [0.15, 0.2) is 5.71 Å². The van der Waals surface area contributed by atoms with Crippen molar-refractivity contribution in [3.63, 3.8) is 0 Å². The van der Waals surface area contributed by atoms with Crippen LogP contribution in [0.4, 0.5) is 0 Å². The van der Waals surface area contributed by atoms with E-state index in [-0.39, 0.29) is 0 Å². The summed E-state index contributed by atoms with van der Waals surface area (Å²) in [4.78, 5) is 0. The molecule has 0 saturated heterocycles. The third-order valence-electron chi connectivity index (χ3n) is 2.09. The maximum atomic E-state index is 2.44. The van der Waals surface area contributed by atoms with Gasteiger partial charge in [0.05, 0.1) is 0 Å². The van der Waals surface area contributed by atoms with Crippen molar-refractivity contribution < 1.29 is 4.24 Å². The van der Waals surface area contributed by atoms with Crippen molar-refractivity contribution in [2.75, 3.05) is 13.6 Å². The zero-order chi connectivity index (χ0) is 9.14. The summed E-state index contributed by atoms with van der Waals surface area (Å²) in [6.07, 6.45) is 3.48. The highest BCUT2D eigenvalue weighted by Crippen LogP contribution is 2.07. The maximum absolute atomic E-state index is 2.44. The molecule has 66 valence electrons. The first kappa shape index (κ1) is 9.51. The Kier molecular flexibility index (Phi) is 3.09. The molecule has 3 heteroatoms. The molecule has 0 fully saturated rings. The van der Waals surface area contributed by atoms with Crippen molar-refractivity contribution in [2.45, 2.75) is 27.2 Å². The summed E-state index contributed by atoms with van der Waals surface area (Å²) in [5.74, 6) is 0. The molecule has 0 N–H and O–H groups in total. The molecule has 0 aromatic carbocycles. The van der Waals surface area contributed by atoms with E-state index in [1.807, 2.05) is 0 Å². The molecule has 2 nitrogen and oxygen atoms in total. The van der Waals surface area contributed by atoms with Crippen LogP contribution in [0.2, 0.25) is 0 Å². The summed E-state index contributed by atoms with van der Waals surface area (Å²) < 4.78 is 4.75. The van der Waals surface area contributed by atoms with Crippen molar-refractivity contribution >= 4 is 15.6 Å². The Hall–Kier alpha value is -0.573. The molecule has 12 heavy (non-hydrogen) atoms. The van der Waals surface area contributed by atoms with Crippen molar-refractivity contribution in [1.82, 2.24) is 4.57 Å². The van der Waals surface area contributed by atoms with Gasteiger partial charge in [-0.05, 0) is 13.3 Å². The van der Waals surface area contributed by atoms with Gasteiger partial charge in [0.2, 0.25) is 0 Å². The fourth-order valence-corrected chi connectivity index (χ4v) is 2.40. The molecule has 1 aliphatic heterocycles. The molecule has 0 spiro atoms. The summed E-state index contributed by atoms with van der Waals surface area (Å²) in [5, 5.41) is 0. The van der Waals surface area contributed by atoms with Crippen LogP contribution in [0.3, 0.4) is 0 Å². The Bertz CT molecular complexity index is 231. The van der Waals surface area contributed by atoms with Gasteiger partial charge in [0, 0.05) is 25.2 Å². The minimum atomic E-state index is 0.795. The molecule has 0 amide bonds. The Labute approximate surface area is 77.6 Å². The summed E-state index contributed by atoms with van der Waals surface area (Å²) in [6.45, 7) is 7.76. The van der Waals surface area contributed by atoms with Gasteiger partial charge >= 0.3 is 9.84 Å². The number of allylic oxidation sites excluding steroid dienone is 2. The van der Waals surface area contributed by atoms with E-state index in [0.29, 0.717) is 0 Å². The van der Waals surface area contributed by atoms with E-state index in [9.17, 15) is 0 Å². The topological polar surface area (TPSA) is 6.25 Å². The van der Waals surface area contributed by atoms with Crippen LogP contribution in [0.25, 0.3) is 0 Å². The second-order valence-electron chi connectivity index (χ2n) is 3.24. The molecular formula is C9H17N2Si+. The summed E-state index contributed by atoms with van der Waals surface area (Å²) >= 11 is 0. The van der Waals surface area contributed by atoms with Crippen LogP contribution < -0.4 is 0 Å². The number of hydrogen-bond donors (Lipinski definition) is 0. The molecule has 0 aromatic heterocycles. The molecule has 2 radical (unpaired) electrons. The van der Waals surface area contributed by atoms with E-state index in [1.54, 1.807) is 0 Å². The lowest BCUT2D eigenvalue weighted by atomic mass is 10.3. The number of hydrogen-bond acceptors (Lipinski definition) is 1. The van der Waals surface area contributed by atoms with Crippen molar-refractivity contribution in [3.05, 3.63) is 11.8 Å². The van der Waals surface area contributed by atoms with E-state index in [2.05, 4.69) is 42.7 Å². The zero-order valence-corrected chi connectivity index (χ0v) is 9.39. The average molecular weight is 181 g/mol. The predicted molar refractivity (Wildman–Crippen MR) is 53.4 cm³/mol. The Balaban J connectivity index is 2.71. The highest BCUT2D eigenvalue weighted by Gasteiger charge is 2.23. The summed E-state index contributed by atoms with van der Waals surface area (Å²) in [5.41, 5.74) is 2.78. The molecule has 0 aromatic rings. The Morgan fingerprint density at radius 1 is 1.50 bits per heavy atom. The minimum absolute atomic E-state index is 0.795. The lowest BCUT2D eigenvalue weighted by Gasteiger charge is -2.22. The quantitative estimate of drug-likeness (QED) is 0.581. The standard InChI is InChI=1S/C9H17N2Si/c1-5-6-11-9(3)7-8(2)10(4)12-11/h7H,5-6H2,1-4H3/q+1. The van der Waals surface area contributed by atoms with Gasteiger partial charge in [-0.25, -0.2) is 0 Å². The van der Waals surface area contributed by atoms with E-state index in [0.717, 1.165) is 9.84 Å². The third-order valence-corrected chi connectivity index (χ3v) is 3.56. The van der Waals surface area contributed by atoms with Crippen LogP contribution in [-0.2, 0) is 0 Å². The highest BCUT2D eigenvalue weighted by molar-refractivity contribution is 6.25. The van der Waals surface area contributed by atoms with Crippen molar-refractivity contribution in [3.8, 4) is 0 Å². The van der Waals surface area contributed by atoms with Crippen molar-refractivity contribution in [2.24, 2.45) is 0 Å². The maximum Gasteiger partial charge on any atom is 0.644 e. The average Bonchev–Trinajstić information content (AvgIpc) is 2.01. The first-order valence-corrected chi connectivity index (χ1v) is 5.34. The SMILES string of the molecule is CCCN1[Si][N+](C)=C(C)C=C1C. The largest absolute Gasteiger partial charge is 0.644 e. The molecule has 0 atom stereocenters. The summed E-state index contributed by atoms with van der Waals surface area (Å²) in [6, 6.07) is 0. The highest BCUT2D eigenvalue weighted by atomic mass is 28.2. The van der Waals surface area contributed by atoms with E-state index >= 15 is 0 Å². The Morgan fingerprint density at radius 3 is 2.75 bits per heavy atom. The van der Waals surface area contributed by atoms with E-state index < -0.39 is 0 Å². The molecule has 0 saturated carbocycles. The lowest BCUT2D eigenvalue weighted by Crippen LogP contribution is -2.39. The van der Waals surface area contributed by atoms with Crippen LogP contribution in [0, 0.1) is 0 Å². The smallest absolute Gasteiger partial charge is 0.341 e. The first-order chi connectivity index (χ1) is 5.65. The van der Waals surface area contributed by atoms with Gasteiger partial charge < -0.3 is 4.57 Å². The Morgan fingerprint density at radius 2 is 2.17 bits per heavy atom. The number of rotatable bonds is 2. The molecule has 1 aliphatic rings. The third kappa shape index (κ3) is 1.97. The molecule has 0 unspecified atom stereocenters. The molecular weight excluding hydrogens is 164 g/mol. The summed E-state index contributed by atoms with van der Waals surface area (Å²) in [7, 11) is 2.95. The molecule has 1 heterocycles. The minimum Gasteiger partial charge on any atom is -0.341 e. The second kappa shape index (κ2) is 3.89. The molecule has 0 bridgehead atoms. The van der Waals surface area contributed by atoms with Crippen LogP contribution >= 0.6 is 0 Å². The van der Waals surface area contributed by atoms with E-state index in [1.165, 1.54) is 24.4 Å². The van der Waals surface area contributed by atoms with Gasteiger partial charge in [-0.15, -0.1) is 0 Å². The second-order valence-corrected chi connectivity index (χ2v) is 4.65. The number of nitrogens with zero attached hydrogens (tertiary/aromatic N) is 2. The van der Waals surface area contributed by atoms with Crippen LogP contribution in [0.5, 0.6) is 0 Å². The van der Waals surface area contributed by atoms with Gasteiger partial charge in [0.25, 0.3) is 0 Å². The van der Waals surface area contributed by atoms with Crippen LogP contribution in [-0.4, -0.2) is 38.0 Å². The molecule has 1 rings (SSSR count). The lowest BCUT2D eigenvalue weighted by molar-refractivity contribution is -0.352. The fourth-order valence-electron chi connectivity index (χ4n) is 1.27. The van der Waals surface area contributed by atoms with Crippen LogP contribution in [0.15, 0.2) is 11.8 Å². The van der Waals surface area contributed by atoms with E-state index in [4.69, 9.17) is 0 Å². The monoisotopic (exact) mass is 181 g/mol. The van der Waals surface area contributed by atoms with Crippen molar-refractivity contribution in [1.29, 1.82) is 0 Å². The fraction of sp³-hybridized carbons (Fsp3) is 0.667.